The number of ether oxygens (including phenoxy) is 1. The summed E-state index contributed by atoms with van der Waals surface area (Å²) in [5.74, 6) is 0.733. The van der Waals surface area contributed by atoms with Crippen LogP contribution in [0.15, 0.2) is 33.6 Å². The van der Waals surface area contributed by atoms with Crippen molar-refractivity contribution in [1.82, 2.24) is 10.2 Å². The molecule has 0 radical (unpaired) electrons. The number of carbonyl (C=O) groups is 1. The largest absolute Gasteiger partial charge is 0.444 e. The standard InChI is InChI=1S/C18H25N3O4S/c1-18(2,3)25-17(22)19-11-13-7-6-10-21(12-13)16-14-8-4-5-9-15(14)26(23,24)20-16/h4-5,8-9,13H,6-7,10-12H2,1-3H3,(H,19,22)/t13-/m0/s1. The van der Waals surface area contributed by atoms with Crippen LogP contribution in [0.1, 0.15) is 39.2 Å². The molecule has 3 rings (SSSR count). The van der Waals surface area contributed by atoms with Gasteiger partial charge in [-0.3, -0.25) is 0 Å². The normalized spacial score (nSPS) is 21.7. The molecule has 0 aromatic heterocycles. The number of sulfonamides is 1. The van der Waals surface area contributed by atoms with E-state index in [0.717, 1.165) is 19.4 Å². The van der Waals surface area contributed by atoms with Gasteiger partial charge in [0, 0.05) is 25.2 Å². The van der Waals surface area contributed by atoms with Crippen molar-refractivity contribution in [1.29, 1.82) is 0 Å². The fourth-order valence-corrected chi connectivity index (χ4v) is 4.51. The summed E-state index contributed by atoms with van der Waals surface area (Å²) >= 11 is 0. The molecule has 26 heavy (non-hydrogen) atoms. The third-order valence-corrected chi connectivity index (χ3v) is 5.69. The minimum Gasteiger partial charge on any atom is -0.444 e. The molecule has 1 aromatic rings. The van der Waals surface area contributed by atoms with Gasteiger partial charge in [-0.25, -0.2) is 4.79 Å². The number of hydrogen-bond acceptors (Lipinski definition) is 5. The Morgan fingerprint density at radius 3 is 2.81 bits per heavy atom. The van der Waals surface area contributed by atoms with Crippen molar-refractivity contribution in [3.8, 4) is 0 Å². The molecule has 142 valence electrons. The van der Waals surface area contributed by atoms with E-state index in [1.807, 2.05) is 31.7 Å². The second-order valence-electron chi connectivity index (χ2n) is 7.72. The van der Waals surface area contributed by atoms with Crippen LogP contribution >= 0.6 is 0 Å². The molecule has 8 heteroatoms. The molecule has 0 unspecified atom stereocenters. The Hall–Kier alpha value is -2.09. The number of piperidine rings is 1. The summed E-state index contributed by atoms with van der Waals surface area (Å²) in [5.41, 5.74) is 0.132. The van der Waals surface area contributed by atoms with Crippen LogP contribution < -0.4 is 5.32 Å². The van der Waals surface area contributed by atoms with E-state index in [1.165, 1.54) is 0 Å². The van der Waals surface area contributed by atoms with Crippen LogP contribution in [0.25, 0.3) is 0 Å². The Kier molecular flexibility index (Phi) is 4.96. The molecule has 1 atom stereocenters. The molecule has 2 aliphatic heterocycles. The lowest BCUT2D eigenvalue weighted by atomic mass is 9.97. The van der Waals surface area contributed by atoms with E-state index >= 15 is 0 Å². The molecule has 2 aliphatic rings. The Balaban J connectivity index is 1.66. The van der Waals surface area contributed by atoms with E-state index in [9.17, 15) is 13.2 Å². The van der Waals surface area contributed by atoms with Gasteiger partial charge < -0.3 is 15.0 Å². The molecule has 1 saturated heterocycles. The van der Waals surface area contributed by atoms with Crippen LogP contribution in [0.2, 0.25) is 0 Å². The lowest BCUT2D eigenvalue weighted by molar-refractivity contribution is 0.0513. The predicted molar refractivity (Wildman–Crippen MR) is 98.7 cm³/mol. The van der Waals surface area contributed by atoms with E-state index in [0.29, 0.717) is 24.5 Å². The van der Waals surface area contributed by atoms with Gasteiger partial charge in [-0.05, 0) is 51.7 Å². The molecule has 2 heterocycles. The van der Waals surface area contributed by atoms with Crippen molar-refractivity contribution in [2.75, 3.05) is 19.6 Å². The first-order valence-electron chi connectivity index (χ1n) is 8.82. The van der Waals surface area contributed by atoms with Gasteiger partial charge in [0.25, 0.3) is 10.0 Å². The molecular weight excluding hydrogens is 354 g/mol. The minimum absolute atomic E-state index is 0.217. The van der Waals surface area contributed by atoms with Gasteiger partial charge in [-0.2, -0.15) is 8.42 Å². The zero-order valence-electron chi connectivity index (χ0n) is 15.4. The SMILES string of the molecule is CC(C)(C)OC(=O)NC[C@@H]1CCCN(C2=NS(=O)(=O)c3ccccc32)C1. The second-order valence-corrected chi connectivity index (χ2v) is 9.30. The fourth-order valence-electron chi connectivity index (χ4n) is 3.28. The van der Waals surface area contributed by atoms with Crippen molar-refractivity contribution in [2.45, 2.75) is 44.1 Å². The average Bonchev–Trinajstić information content (AvgIpc) is 2.84. The average molecular weight is 379 g/mol. The summed E-state index contributed by atoms with van der Waals surface area (Å²) in [4.78, 5) is 14.1. The number of likely N-dealkylation sites (tertiary alicyclic amines) is 1. The molecule has 1 aromatic carbocycles. The minimum atomic E-state index is -3.61. The zero-order valence-corrected chi connectivity index (χ0v) is 16.2. The zero-order chi connectivity index (χ0) is 18.9. The Morgan fingerprint density at radius 2 is 2.08 bits per heavy atom. The van der Waals surface area contributed by atoms with Crippen molar-refractivity contribution in [2.24, 2.45) is 10.3 Å². The molecule has 1 N–H and O–H groups in total. The molecule has 0 bridgehead atoms. The number of amidine groups is 1. The van der Waals surface area contributed by atoms with Gasteiger partial charge in [-0.15, -0.1) is 4.40 Å². The number of alkyl carbamates (subject to hydrolysis) is 1. The quantitative estimate of drug-likeness (QED) is 0.852. The van der Waals surface area contributed by atoms with Crippen molar-refractivity contribution >= 4 is 22.0 Å². The highest BCUT2D eigenvalue weighted by Crippen LogP contribution is 2.29. The molecule has 1 fully saturated rings. The van der Waals surface area contributed by atoms with Gasteiger partial charge >= 0.3 is 6.09 Å². The third-order valence-electron chi connectivity index (χ3n) is 4.37. The number of nitrogens with zero attached hydrogens (tertiary/aromatic N) is 2. The predicted octanol–water partition coefficient (Wildman–Crippen LogP) is 2.37. The molecule has 7 nitrogen and oxygen atoms in total. The summed E-state index contributed by atoms with van der Waals surface area (Å²) in [6, 6.07) is 6.91. The molecule has 0 spiro atoms. The molecule has 0 aliphatic carbocycles. The number of rotatable bonds is 2. The lowest BCUT2D eigenvalue weighted by Gasteiger charge is -2.34. The Labute approximate surface area is 154 Å². The molecular formula is C18H25N3O4S. The van der Waals surface area contributed by atoms with Crippen LogP contribution in [-0.4, -0.2) is 50.5 Å². The first kappa shape index (κ1) is 18.7. The van der Waals surface area contributed by atoms with Crippen molar-refractivity contribution < 1.29 is 17.9 Å². The number of benzene rings is 1. The van der Waals surface area contributed by atoms with Gasteiger partial charge in [0.1, 0.15) is 10.5 Å². The van der Waals surface area contributed by atoms with Crippen molar-refractivity contribution in [3.05, 3.63) is 29.8 Å². The number of carbonyl (C=O) groups excluding carboxylic acids is 1. The Bertz CT molecular complexity index is 827. The van der Waals surface area contributed by atoms with Crippen LogP contribution in [0, 0.1) is 5.92 Å². The molecule has 0 saturated carbocycles. The van der Waals surface area contributed by atoms with Crippen LogP contribution in [0.4, 0.5) is 4.79 Å². The van der Waals surface area contributed by atoms with Crippen LogP contribution in [-0.2, 0) is 14.8 Å². The first-order chi connectivity index (χ1) is 12.2. The van der Waals surface area contributed by atoms with E-state index in [1.54, 1.807) is 18.2 Å². The van der Waals surface area contributed by atoms with E-state index in [-0.39, 0.29) is 10.8 Å². The number of nitrogens with one attached hydrogen (secondary N) is 1. The van der Waals surface area contributed by atoms with Gasteiger partial charge in [-0.1, -0.05) is 12.1 Å². The van der Waals surface area contributed by atoms with E-state index in [2.05, 4.69) is 9.71 Å². The summed E-state index contributed by atoms with van der Waals surface area (Å²) in [6.07, 6.45) is 1.45. The summed E-state index contributed by atoms with van der Waals surface area (Å²) in [7, 11) is -3.61. The number of fused-ring (bicyclic) bond motifs is 1. The van der Waals surface area contributed by atoms with E-state index in [4.69, 9.17) is 4.74 Å². The van der Waals surface area contributed by atoms with Crippen LogP contribution in [0.5, 0.6) is 0 Å². The maximum atomic E-state index is 12.2. The van der Waals surface area contributed by atoms with Gasteiger partial charge in [0.15, 0.2) is 5.84 Å². The third kappa shape index (κ3) is 4.17. The van der Waals surface area contributed by atoms with Crippen LogP contribution in [0.3, 0.4) is 0 Å². The second kappa shape index (κ2) is 6.90. The van der Waals surface area contributed by atoms with Gasteiger partial charge in [0.05, 0.1) is 0 Å². The highest BCUT2D eigenvalue weighted by molar-refractivity contribution is 7.90. The maximum absolute atomic E-state index is 12.2. The van der Waals surface area contributed by atoms with E-state index < -0.39 is 21.7 Å². The number of hydrogen-bond donors (Lipinski definition) is 1. The highest BCUT2D eigenvalue weighted by atomic mass is 32.2. The summed E-state index contributed by atoms with van der Waals surface area (Å²) in [5, 5.41) is 2.81. The molecule has 1 amide bonds. The Morgan fingerprint density at radius 1 is 1.35 bits per heavy atom. The topological polar surface area (TPSA) is 88.1 Å². The summed E-state index contributed by atoms with van der Waals surface area (Å²) < 4.78 is 33.8. The number of amides is 1. The van der Waals surface area contributed by atoms with Gasteiger partial charge in [0.2, 0.25) is 0 Å². The first-order valence-corrected chi connectivity index (χ1v) is 10.3. The van der Waals surface area contributed by atoms with Crippen molar-refractivity contribution in [3.63, 3.8) is 0 Å². The highest BCUT2D eigenvalue weighted by Gasteiger charge is 2.33. The fraction of sp³-hybridized carbons (Fsp3) is 0.556. The monoisotopic (exact) mass is 379 g/mol. The summed E-state index contributed by atoms with van der Waals surface area (Å²) in [6.45, 7) is 7.37. The lowest BCUT2D eigenvalue weighted by Crippen LogP contribution is -2.44. The smallest absolute Gasteiger partial charge is 0.407 e. The maximum Gasteiger partial charge on any atom is 0.407 e.